The molecule has 1 aromatic carbocycles. The zero-order valence-electron chi connectivity index (χ0n) is 27.5. The Balaban J connectivity index is 1.31. The lowest BCUT2D eigenvalue weighted by Gasteiger charge is -2.61. The zero-order valence-corrected chi connectivity index (χ0v) is 27.5. The Morgan fingerprint density at radius 3 is 2.46 bits per heavy atom. The highest BCUT2D eigenvalue weighted by atomic mass is 16.9. The summed E-state index contributed by atoms with van der Waals surface area (Å²) in [5.74, 6) is -3.52. The summed E-state index contributed by atoms with van der Waals surface area (Å²) in [6, 6.07) is 8.69. The van der Waals surface area contributed by atoms with Crippen LogP contribution in [0.2, 0.25) is 0 Å². The molecule has 4 aliphatic heterocycles. The van der Waals surface area contributed by atoms with Gasteiger partial charge in [0.1, 0.15) is 36.1 Å². The van der Waals surface area contributed by atoms with E-state index in [4.69, 9.17) is 23.7 Å². The van der Waals surface area contributed by atoms with Crippen LogP contribution >= 0.6 is 0 Å². The molecule has 2 spiro atoms. The molecule has 3 bridgehead atoms. The summed E-state index contributed by atoms with van der Waals surface area (Å²) in [7, 11) is 0. The van der Waals surface area contributed by atoms with Crippen LogP contribution in [-0.2, 0) is 23.7 Å². The molecule has 8 rings (SSSR count). The van der Waals surface area contributed by atoms with Crippen LogP contribution in [0.5, 0.6) is 0 Å². The van der Waals surface area contributed by atoms with Crippen LogP contribution in [0.25, 0.3) is 0 Å². The Hall–Kier alpha value is -1.85. The highest BCUT2D eigenvalue weighted by molar-refractivity contribution is 5.89. The van der Waals surface area contributed by atoms with E-state index >= 15 is 0 Å². The van der Waals surface area contributed by atoms with Gasteiger partial charge in [-0.2, -0.15) is 0 Å². The second-order valence-electron chi connectivity index (χ2n) is 15.9. The van der Waals surface area contributed by atoms with Gasteiger partial charge in [-0.25, -0.2) is 4.79 Å². The summed E-state index contributed by atoms with van der Waals surface area (Å²) in [5, 5.41) is 37.8. The highest BCUT2D eigenvalue weighted by Gasteiger charge is 2.90. The fraction of sp³-hybridized carbons (Fsp3) is 0.757. The molecule has 1 aromatic rings. The van der Waals surface area contributed by atoms with Crippen molar-refractivity contribution in [3.05, 3.63) is 48.0 Å². The minimum absolute atomic E-state index is 0.148. The molecule has 4 saturated heterocycles. The predicted molar refractivity (Wildman–Crippen MR) is 166 cm³/mol. The van der Waals surface area contributed by atoms with E-state index in [0.29, 0.717) is 18.4 Å². The minimum atomic E-state index is -2.00. The third-order valence-corrected chi connectivity index (χ3v) is 13.6. The number of carbonyl (C=O) groups is 1. The van der Waals surface area contributed by atoms with Gasteiger partial charge in [0.15, 0.2) is 5.60 Å². The predicted octanol–water partition coefficient (Wildman–Crippen LogP) is 4.52. The van der Waals surface area contributed by atoms with Gasteiger partial charge in [-0.1, -0.05) is 77.7 Å². The Kier molecular flexibility index (Phi) is 7.06. The van der Waals surface area contributed by atoms with Crippen molar-refractivity contribution in [2.75, 3.05) is 6.61 Å². The van der Waals surface area contributed by atoms with E-state index in [-0.39, 0.29) is 30.3 Å². The Morgan fingerprint density at radius 2 is 1.72 bits per heavy atom. The average molecular weight is 639 g/mol. The first-order valence-corrected chi connectivity index (χ1v) is 17.6. The minimum Gasteiger partial charge on any atom is -0.459 e. The Morgan fingerprint density at radius 1 is 1.00 bits per heavy atom. The number of aliphatic hydroxyl groups is 3. The molecule has 3 N–H and O–H groups in total. The summed E-state index contributed by atoms with van der Waals surface area (Å²) in [6.45, 7) is 12.5. The monoisotopic (exact) mass is 638 g/mol. The number of esters is 1. The molecule has 3 saturated carbocycles. The molecular formula is C37H50O9. The molecule has 1 unspecified atom stereocenters. The summed E-state index contributed by atoms with van der Waals surface area (Å²) in [4.78, 5) is 13.2. The third-order valence-electron chi connectivity index (χ3n) is 13.6. The molecular weight excluding hydrogens is 588 g/mol. The van der Waals surface area contributed by atoms with Crippen LogP contribution in [-0.4, -0.2) is 80.7 Å². The molecule has 46 heavy (non-hydrogen) atoms. The molecule has 0 radical (unpaired) electrons. The molecule has 3 aliphatic carbocycles. The molecule has 15 atom stereocenters. The van der Waals surface area contributed by atoms with E-state index in [1.165, 1.54) is 0 Å². The number of fused-ring (bicyclic) bond motifs is 1. The van der Waals surface area contributed by atoms with Gasteiger partial charge in [0.25, 0.3) is 5.97 Å². The first kappa shape index (κ1) is 31.4. The number of carbonyl (C=O) groups excluding carboxylic acids is 1. The number of hydrogen-bond donors (Lipinski definition) is 3. The van der Waals surface area contributed by atoms with E-state index in [0.717, 1.165) is 44.1 Å². The van der Waals surface area contributed by atoms with Crippen LogP contribution in [0.3, 0.4) is 0 Å². The lowest BCUT2D eigenvalue weighted by molar-refractivity contribution is -0.437. The van der Waals surface area contributed by atoms with E-state index in [9.17, 15) is 20.1 Å². The molecule has 9 nitrogen and oxygen atoms in total. The van der Waals surface area contributed by atoms with Crippen LogP contribution in [0.4, 0.5) is 0 Å². The van der Waals surface area contributed by atoms with Crippen molar-refractivity contribution >= 4 is 5.97 Å². The van der Waals surface area contributed by atoms with Crippen molar-refractivity contribution in [1.82, 2.24) is 0 Å². The summed E-state index contributed by atoms with van der Waals surface area (Å²) in [5.41, 5.74) is -4.16. The van der Waals surface area contributed by atoms with Crippen LogP contribution in [0.1, 0.15) is 89.4 Å². The molecule has 9 heteroatoms. The molecule has 7 aliphatic rings. The van der Waals surface area contributed by atoms with E-state index in [1.807, 2.05) is 19.9 Å². The van der Waals surface area contributed by atoms with E-state index < -0.39 is 70.6 Å². The SMILES string of the molecule is C=C(C)[C@]12C[C@@H](C)[C@@]34OC5(CCCCCCC[C@H](C)[C@H]6[C@H](C)[C@H](O)[C@@](O)([C@H](O)[C@@]7(COC(=O)c8ccccc8)O[C@H]7[C@H]3[C@H]1O5)[C@@H]64)O2. The van der Waals surface area contributed by atoms with Crippen molar-refractivity contribution in [1.29, 1.82) is 0 Å². The summed E-state index contributed by atoms with van der Waals surface area (Å²) in [6.07, 6.45) is 3.24. The maximum Gasteiger partial charge on any atom is 0.338 e. The first-order chi connectivity index (χ1) is 21.9. The third kappa shape index (κ3) is 3.85. The average Bonchev–Trinajstić information content (AvgIpc) is 3.67. The second-order valence-corrected chi connectivity index (χ2v) is 15.9. The van der Waals surface area contributed by atoms with Gasteiger partial charge in [0, 0.05) is 18.3 Å². The van der Waals surface area contributed by atoms with Gasteiger partial charge in [0.2, 0.25) is 0 Å². The van der Waals surface area contributed by atoms with Crippen molar-refractivity contribution in [3.8, 4) is 0 Å². The first-order valence-electron chi connectivity index (χ1n) is 17.6. The lowest BCUT2D eigenvalue weighted by Crippen LogP contribution is -2.73. The maximum atomic E-state index is 13.2. The van der Waals surface area contributed by atoms with Gasteiger partial charge >= 0.3 is 5.97 Å². The molecule has 252 valence electrons. The van der Waals surface area contributed by atoms with Crippen LogP contribution in [0, 0.1) is 35.5 Å². The fourth-order valence-electron chi connectivity index (χ4n) is 11.5. The molecule has 7 fully saturated rings. The normalized spacial score (nSPS) is 53.6. The standard InChI is InChI=1S/C37H50O9/c1-20(2)33-18-22(4)37-26-29(33)44-35(45-33,46-37)17-13-8-6-7-10-14-21(3)25-23(5)28(38)36(41,27(25)37)32(40)34(30(26)43-34)19-42-31(39)24-15-11-9-12-16-24/h9,11-12,15-16,21-23,25-30,32,38,40-41H,1,6-8,10,13-14,17-19H2,2-5H3/t21-,22+,23-,25-,26+,27+,28-,29+,30-,32+,33+,34-,35?,36+,37+/m0/s1. The van der Waals surface area contributed by atoms with Gasteiger partial charge in [-0.05, 0) is 61.1 Å². The van der Waals surface area contributed by atoms with Gasteiger partial charge in [-0.15, -0.1) is 0 Å². The second kappa shape index (κ2) is 10.3. The topological polar surface area (TPSA) is 127 Å². The Labute approximate surface area is 271 Å². The number of aliphatic hydroxyl groups excluding tert-OH is 2. The highest BCUT2D eigenvalue weighted by Crippen LogP contribution is 2.75. The van der Waals surface area contributed by atoms with E-state index in [2.05, 4.69) is 20.4 Å². The van der Waals surface area contributed by atoms with Gasteiger partial charge in [-0.3, -0.25) is 0 Å². The van der Waals surface area contributed by atoms with Gasteiger partial charge in [0.05, 0.1) is 17.3 Å². The molecule has 0 aromatic heterocycles. The number of rotatable bonds is 4. The van der Waals surface area contributed by atoms with Crippen molar-refractivity contribution < 1.29 is 43.8 Å². The number of benzene rings is 1. The van der Waals surface area contributed by atoms with Crippen LogP contribution in [0.15, 0.2) is 42.5 Å². The number of hydrogen-bond acceptors (Lipinski definition) is 9. The smallest absolute Gasteiger partial charge is 0.338 e. The molecule has 0 amide bonds. The van der Waals surface area contributed by atoms with Gasteiger partial charge < -0.3 is 39.0 Å². The molecule has 4 heterocycles. The fourth-order valence-corrected chi connectivity index (χ4v) is 11.5. The number of ether oxygens (including phenoxy) is 5. The lowest BCUT2D eigenvalue weighted by atomic mass is 9.52. The van der Waals surface area contributed by atoms with E-state index in [1.54, 1.807) is 24.3 Å². The number of epoxide rings is 1. The van der Waals surface area contributed by atoms with Crippen molar-refractivity contribution in [2.45, 2.75) is 132 Å². The Bertz CT molecular complexity index is 1400. The van der Waals surface area contributed by atoms with Crippen molar-refractivity contribution in [3.63, 3.8) is 0 Å². The summed E-state index contributed by atoms with van der Waals surface area (Å²) >= 11 is 0. The largest absolute Gasteiger partial charge is 0.459 e. The summed E-state index contributed by atoms with van der Waals surface area (Å²) < 4.78 is 33.8. The zero-order chi connectivity index (χ0) is 32.4. The maximum absolute atomic E-state index is 13.2. The van der Waals surface area contributed by atoms with Crippen LogP contribution < -0.4 is 0 Å². The van der Waals surface area contributed by atoms with Crippen molar-refractivity contribution in [2.24, 2.45) is 35.5 Å². The quantitative estimate of drug-likeness (QED) is 0.248.